The molecule has 1 heterocycles. The molecule has 0 aliphatic rings. The van der Waals surface area contributed by atoms with E-state index in [0.717, 1.165) is 5.56 Å². The van der Waals surface area contributed by atoms with Crippen LogP contribution in [0.4, 0.5) is 4.79 Å². The molecule has 1 amide bonds. The molecule has 0 unspecified atom stereocenters. The van der Waals surface area contributed by atoms with E-state index in [-0.39, 0.29) is 6.09 Å². The van der Waals surface area contributed by atoms with E-state index in [0.29, 0.717) is 6.54 Å². The minimum atomic E-state index is -2.47. The van der Waals surface area contributed by atoms with E-state index in [1.807, 2.05) is 27.0 Å². The van der Waals surface area contributed by atoms with E-state index < -0.39 is 24.0 Å². The van der Waals surface area contributed by atoms with Gasteiger partial charge in [-0.15, -0.1) is 0 Å². The van der Waals surface area contributed by atoms with Crippen molar-refractivity contribution in [2.45, 2.75) is 106 Å². The number of nitrogens with zero attached hydrogens (tertiary/aromatic N) is 1. The average molecular weight is 497 g/mol. The first-order chi connectivity index (χ1) is 13.3. The summed E-state index contributed by atoms with van der Waals surface area (Å²) in [6.07, 6.45) is 11.5. The fourth-order valence-corrected chi connectivity index (χ4v) is 19.5. The Morgan fingerprint density at radius 2 is 1.54 bits per heavy atom. The van der Waals surface area contributed by atoms with Crippen LogP contribution in [0.2, 0.25) is 13.3 Å². The van der Waals surface area contributed by atoms with Crippen molar-refractivity contribution in [1.82, 2.24) is 10.3 Å². The summed E-state index contributed by atoms with van der Waals surface area (Å²) in [7, 11) is 0. The third-order valence-corrected chi connectivity index (χ3v) is 20.8. The number of alkyl carbamates (subject to hydrolysis) is 1. The topological polar surface area (TPSA) is 51.2 Å². The van der Waals surface area contributed by atoms with E-state index in [1.54, 1.807) is 3.58 Å². The normalized spacial score (nSPS) is 12.1. The number of carbonyl (C=O) groups excluding carboxylic acids is 1. The Hall–Kier alpha value is -0.781. The molecule has 1 rings (SSSR count). The third kappa shape index (κ3) is 9.14. The fraction of sp³-hybridized carbons (Fsp3) is 0.739. The van der Waals surface area contributed by atoms with Crippen molar-refractivity contribution >= 4 is 28.0 Å². The van der Waals surface area contributed by atoms with Crippen LogP contribution in [0.15, 0.2) is 18.5 Å². The Bertz CT molecular complexity index is 562. The number of carbonyl (C=O) groups is 1. The van der Waals surface area contributed by atoms with Crippen LogP contribution in [0.25, 0.3) is 0 Å². The number of pyridine rings is 1. The Morgan fingerprint density at radius 1 is 1.00 bits per heavy atom. The molecule has 0 spiro atoms. The Balaban J connectivity index is 3.00. The van der Waals surface area contributed by atoms with E-state index >= 15 is 0 Å². The fourth-order valence-electron chi connectivity index (χ4n) is 3.72. The summed E-state index contributed by atoms with van der Waals surface area (Å²) < 4.78 is 11.2. The van der Waals surface area contributed by atoms with Gasteiger partial charge in [-0.2, -0.15) is 0 Å². The standard InChI is InChI=1S/C11H15N2O2.3C4H9.Sn/c1-11(2,3)15-10(14)13-8-9-5-4-6-12-7-9;3*1-3-4-2;/h5-7H,8H2,1-3H3,(H,13,14);3*1,3-4H2,2H3;. The van der Waals surface area contributed by atoms with Gasteiger partial charge in [-0.1, -0.05) is 0 Å². The summed E-state index contributed by atoms with van der Waals surface area (Å²) in [6.45, 7) is 13.0. The molecule has 4 nitrogen and oxygen atoms in total. The number of hydrogen-bond acceptors (Lipinski definition) is 3. The van der Waals surface area contributed by atoms with E-state index in [9.17, 15) is 4.79 Å². The quantitative estimate of drug-likeness (QED) is 0.352. The van der Waals surface area contributed by atoms with Crippen LogP contribution >= 0.6 is 0 Å². The molecule has 0 bridgehead atoms. The van der Waals surface area contributed by atoms with Crippen LogP contribution in [-0.4, -0.2) is 35.1 Å². The van der Waals surface area contributed by atoms with E-state index in [1.165, 1.54) is 51.8 Å². The second-order valence-corrected chi connectivity index (χ2v) is 22.3. The number of amides is 1. The minimum absolute atomic E-state index is 0.365. The number of hydrogen-bond donors (Lipinski definition) is 1. The van der Waals surface area contributed by atoms with Crippen molar-refractivity contribution < 1.29 is 9.53 Å². The molecule has 1 aromatic heterocycles. The van der Waals surface area contributed by atoms with Crippen LogP contribution < -0.4 is 8.90 Å². The molecule has 28 heavy (non-hydrogen) atoms. The van der Waals surface area contributed by atoms with Gasteiger partial charge in [-0.25, -0.2) is 0 Å². The van der Waals surface area contributed by atoms with Crippen molar-refractivity contribution in [2.24, 2.45) is 0 Å². The van der Waals surface area contributed by atoms with Gasteiger partial charge in [0.2, 0.25) is 0 Å². The van der Waals surface area contributed by atoms with Gasteiger partial charge in [-0.3, -0.25) is 0 Å². The van der Waals surface area contributed by atoms with Gasteiger partial charge >= 0.3 is 177 Å². The third-order valence-electron chi connectivity index (χ3n) is 5.27. The molecular formula is C23H42N2O2Sn. The number of rotatable bonds is 12. The zero-order chi connectivity index (χ0) is 21.0. The average Bonchev–Trinajstić information content (AvgIpc) is 2.65. The summed E-state index contributed by atoms with van der Waals surface area (Å²) >= 11 is -2.47. The SMILES string of the molecule is CCC[CH2][Sn]([CH2]CCC)([CH2]CCC)[c]1cncc(CNC(=O)OC(C)(C)C)c1. The van der Waals surface area contributed by atoms with Crippen molar-refractivity contribution in [1.29, 1.82) is 0 Å². The molecular weight excluding hydrogens is 455 g/mol. The molecule has 0 atom stereocenters. The van der Waals surface area contributed by atoms with Crippen LogP contribution in [-0.2, 0) is 11.3 Å². The van der Waals surface area contributed by atoms with Gasteiger partial charge < -0.3 is 0 Å². The second kappa shape index (κ2) is 12.7. The first-order valence-corrected chi connectivity index (χ1v) is 18.7. The predicted molar refractivity (Wildman–Crippen MR) is 122 cm³/mol. The van der Waals surface area contributed by atoms with Crippen LogP contribution in [0.5, 0.6) is 0 Å². The molecule has 0 fully saturated rings. The maximum atomic E-state index is 12.0. The Kier molecular flexibility index (Phi) is 11.5. The Morgan fingerprint density at radius 3 is 2.00 bits per heavy atom. The molecule has 0 aromatic carbocycles. The second-order valence-electron chi connectivity index (χ2n) is 9.03. The van der Waals surface area contributed by atoms with Crippen LogP contribution in [0, 0.1) is 0 Å². The molecule has 1 N–H and O–H groups in total. The predicted octanol–water partition coefficient (Wildman–Crippen LogP) is 6.16. The summed E-state index contributed by atoms with van der Waals surface area (Å²) in [6, 6.07) is 2.35. The molecule has 0 saturated heterocycles. The van der Waals surface area contributed by atoms with Crippen molar-refractivity contribution in [3.8, 4) is 0 Å². The monoisotopic (exact) mass is 498 g/mol. The summed E-state index contributed by atoms with van der Waals surface area (Å²) in [5.74, 6) is 0. The van der Waals surface area contributed by atoms with Crippen molar-refractivity contribution in [3.05, 3.63) is 24.0 Å². The van der Waals surface area contributed by atoms with Crippen LogP contribution in [0.3, 0.4) is 0 Å². The van der Waals surface area contributed by atoms with Gasteiger partial charge in [0.25, 0.3) is 0 Å². The molecule has 0 aliphatic heterocycles. The summed E-state index contributed by atoms with van der Waals surface area (Å²) in [4.78, 5) is 16.6. The first kappa shape index (κ1) is 25.3. The number of unbranched alkanes of at least 4 members (excludes halogenated alkanes) is 3. The zero-order valence-corrected chi connectivity index (χ0v) is 21.9. The number of nitrogens with one attached hydrogen (secondary N) is 1. The van der Waals surface area contributed by atoms with Crippen molar-refractivity contribution in [3.63, 3.8) is 0 Å². The first-order valence-electron chi connectivity index (χ1n) is 11.2. The summed E-state index contributed by atoms with van der Waals surface area (Å²) in [5.41, 5.74) is 0.616. The maximum absolute atomic E-state index is 12.0. The number of ether oxygens (including phenoxy) is 1. The molecule has 1 aromatic rings. The molecule has 0 radical (unpaired) electrons. The molecule has 5 heteroatoms. The van der Waals surface area contributed by atoms with E-state index in [2.05, 4.69) is 43.3 Å². The van der Waals surface area contributed by atoms with Gasteiger partial charge in [0.1, 0.15) is 0 Å². The molecule has 0 saturated carbocycles. The van der Waals surface area contributed by atoms with Gasteiger partial charge in [-0.05, 0) is 0 Å². The van der Waals surface area contributed by atoms with Gasteiger partial charge in [0.05, 0.1) is 0 Å². The Labute approximate surface area is 177 Å². The van der Waals surface area contributed by atoms with Gasteiger partial charge in [0.15, 0.2) is 0 Å². The molecule has 0 aliphatic carbocycles. The van der Waals surface area contributed by atoms with Gasteiger partial charge in [0, 0.05) is 0 Å². The van der Waals surface area contributed by atoms with Crippen LogP contribution in [0.1, 0.15) is 85.6 Å². The zero-order valence-electron chi connectivity index (χ0n) is 19.1. The van der Waals surface area contributed by atoms with Crippen molar-refractivity contribution in [2.75, 3.05) is 0 Å². The number of aromatic nitrogens is 1. The van der Waals surface area contributed by atoms with E-state index in [4.69, 9.17) is 4.74 Å². The molecule has 160 valence electrons. The summed E-state index contributed by atoms with van der Waals surface area (Å²) in [5, 5.41) is 2.89.